The van der Waals surface area contributed by atoms with E-state index in [4.69, 9.17) is 9.47 Å². The average molecular weight is 342 g/mol. The van der Waals surface area contributed by atoms with Crippen LogP contribution in [0.5, 0.6) is 5.75 Å². The molecule has 2 N–H and O–H groups in total. The van der Waals surface area contributed by atoms with Gasteiger partial charge in [-0.25, -0.2) is 0 Å². The van der Waals surface area contributed by atoms with Crippen molar-refractivity contribution in [1.29, 1.82) is 0 Å². The first-order valence-electron chi connectivity index (χ1n) is 7.92. The molecule has 2 amide bonds. The summed E-state index contributed by atoms with van der Waals surface area (Å²) in [6.07, 6.45) is 0.286. The van der Waals surface area contributed by atoms with Crippen LogP contribution in [-0.2, 0) is 16.0 Å². The molecule has 0 aromatic heterocycles. The highest BCUT2D eigenvalue weighted by molar-refractivity contribution is 6.04. The number of nitrogens with one attached hydrogen (secondary N) is 2. The van der Waals surface area contributed by atoms with E-state index in [0.29, 0.717) is 30.2 Å². The fraction of sp³-hybridized carbons (Fsp3) is 0.263. The van der Waals surface area contributed by atoms with Crippen LogP contribution in [0.1, 0.15) is 15.9 Å². The number of carbonyl (C=O) groups is 2. The standard InChI is InChI=1S/C19H22N2O4/c1-24-11-10-20-18(22)12-14-6-8-16(9-7-14)21-19(23)15-4-3-5-17(13-15)25-2/h3-9,13H,10-12H2,1-2H3,(H,20,22)(H,21,23). The van der Waals surface area contributed by atoms with Crippen molar-refractivity contribution in [3.05, 3.63) is 59.7 Å². The molecule has 0 saturated carbocycles. The second kappa shape index (κ2) is 9.44. The molecule has 132 valence electrons. The van der Waals surface area contributed by atoms with Gasteiger partial charge in [0.25, 0.3) is 5.91 Å². The van der Waals surface area contributed by atoms with Crippen LogP contribution < -0.4 is 15.4 Å². The summed E-state index contributed by atoms with van der Waals surface area (Å²) in [6, 6.07) is 14.1. The largest absolute Gasteiger partial charge is 0.497 e. The highest BCUT2D eigenvalue weighted by Crippen LogP contribution is 2.15. The van der Waals surface area contributed by atoms with Gasteiger partial charge in [-0.2, -0.15) is 0 Å². The lowest BCUT2D eigenvalue weighted by Crippen LogP contribution is -2.28. The summed E-state index contributed by atoms with van der Waals surface area (Å²) in [5, 5.41) is 5.59. The van der Waals surface area contributed by atoms with E-state index in [0.717, 1.165) is 5.56 Å². The zero-order valence-electron chi connectivity index (χ0n) is 14.4. The number of amides is 2. The molecule has 0 fully saturated rings. The zero-order chi connectivity index (χ0) is 18.1. The van der Waals surface area contributed by atoms with Crippen LogP contribution in [0.3, 0.4) is 0 Å². The molecule has 0 spiro atoms. The van der Waals surface area contributed by atoms with E-state index in [1.54, 1.807) is 50.6 Å². The number of carbonyl (C=O) groups excluding carboxylic acids is 2. The van der Waals surface area contributed by atoms with Crippen LogP contribution in [0.25, 0.3) is 0 Å². The Balaban J connectivity index is 1.91. The molecule has 2 aromatic rings. The molecule has 0 aliphatic rings. The van der Waals surface area contributed by atoms with E-state index in [1.807, 2.05) is 12.1 Å². The molecule has 0 aliphatic carbocycles. The minimum atomic E-state index is -0.219. The van der Waals surface area contributed by atoms with Gasteiger partial charge in [0.1, 0.15) is 5.75 Å². The quantitative estimate of drug-likeness (QED) is 0.722. The molecule has 2 rings (SSSR count). The summed E-state index contributed by atoms with van der Waals surface area (Å²) < 4.78 is 10.0. The average Bonchev–Trinajstić information content (AvgIpc) is 2.63. The van der Waals surface area contributed by atoms with Gasteiger partial charge in [-0.15, -0.1) is 0 Å². The fourth-order valence-electron chi connectivity index (χ4n) is 2.21. The number of benzene rings is 2. The molecule has 0 heterocycles. The second-order valence-corrected chi connectivity index (χ2v) is 5.40. The molecule has 6 heteroatoms. The van der Waals surface area contributed by atoms with Crippen LogP contribution in [0, 0.1) is 0 Å². The minimum Gasteiger partial charge on any atom is -0.497 e. The fourth-order valence-corrected chi connectivity index (χ4v) is 2.21. The number of rotatable bonds is 8. The van der Waals surface area contributed by atoms with E-state index in [1.165, 1.54) is 0 Å². The molecule has 0 atom stereocenters. The summed E-state index contributed by atoms with van der Waals surface area (Å²) >= 11 is 0. The van der Waals surface area contributed by atoms with Gasteiger partial charge in [-0.05, 0) is 35.9 Å². The normalized spacial score (nSPS) is 10.2. The van der Waals surface area contributed by atoms with Crippen LogP contribution in [0.15, 0.2) is 48.5 Å². The van der Waals surface area contributed by atoms with Gasteiger partial charge >= 0.3 is 0 Å². The number of hydrogen-bond donors (Lipinski definition) is 2. The van der Waals surface area contributed by atoms with Gasteiger partial charge in [0, 0.05) is 24.9 Å². The maximum atomic E-state index is 12.2. The van der Waals surface area contributed by atoms with E-state index in [-0.39, 0.29) is 18.2 Å². The van der Waals surface area contributed by atoms with Crippen molar-refractivity contribution in [3.8, 4) is 5.75 Å². The van der Waals surface area contributed by atoms with Crippen molar-refractivity contribution in [3.63, 3.8) is 0 Å². The number of ether oxygens (including phenoxy) is 2. The first-order chi connectivity index (χ1) is 12.1. The van der Waals surface area contributed by atoms with Crippen molar-refractivity contribution in [2.24, 2.45) is 0 Å². The Morgan fingerprint density at radius 2 is 1.80 bits per heavy atom. The number of methoxy groups -OCH3 is 2. The van der Waals surface area contributed by atoms with Crippen molar-refractivity contribution in [2.75, 3.05) is 32.7 Å². The molecule has 0 aliphatic heterocycles. The number of hydrogen-bond acceptors (Lipinski definition) is 4. The third kappa shape index (κ3) is 5.93. The lowest BCUT2D eigenvalue weighted by molar-refractivity contribution is -0.120. The summed E-state index contributed by atoms with van der Waals surface area (Å²) in [5.41, 5.74) is 2.05. The predicted molar refractivity (Wildman–Crippen MR) is 96.0 cm³/mol. The summed E-state index contributed by atoms with van der Waals surface area (Å²) in [7, 11) is 3.14. The molecule has 0 unspecified atom stereocenters. The molecule has 2 aromatic carbocycles. The van der Waals surface area contributed by atoms with Crippen molar-refractivity contribution in [1.82, 2.24) is 5.32 Å². The van der Waals surface area contributed by atoms with Crippen LogP contribution in [0.4, 0.5) is 5.69 Å². The molecule has 0 saturated heterocycles. The van der Waals surface area contributed by atoms with Crippen molar-refractivity contribution in [2.45, 2.75) is 6.42 Å². The zero-order valence-corrected chi connectivity index (χ0v) is 14.4. The van der Waals surface area contributed by atoms with Gasteiger partial charge in [-0.1, -0.05) is 18.2 Å². The first-order valence-corrected chi connectivity index (χ1v) is 7.92. The third-order valence-corrected chi connectivity index (χ3v) is 3.54. The predicted octanol–water partition coefficient (Wildman–Crippen LogP) is 2.25. The minimum absolute atomic E-state index is 0.0646. The maximum absolute atomic E-state index is 12.2. The monoisotopic (exact) mass is 342 g/mol. The molecule has 25 heavy (non-hydrogen) atoms. The number of anilines is 1. The summed E-state index contributed by atoms with van der Waals surface area (Å²) in [5.74, 6) is 0.344. The van der Waals surface area contributed by atoms with Crippen molar-refractivity contribution < 1.29 is 19.1 Å². The summed E-state index contributed by atoms with van der Waals surface area (Å²) in [6.45, 7) is 0.977. The molecule has 0 radical (unpaired) electrons. The third-order valence-electron chi connectivity index (χ3n) is 3.54. The van der Waals surface area contributed by atoms with Crippen LogP contribution in [-0.4, -0.2) is 39.2 Å². The Morgan fingerprint density at radius 3 is 2.48 bits per heavy atom. The SMILES string of the molecule is COCCNC(=O)Cc1ccc(NC(=O)c2cccc(OC)c2)cc1. The van der Waals surface area contributed by atoms with E-state index in [2.05, 4.69) is 10.6 Å². The first kappa shape index (κ1) is 18.5. The highest BCUT2D eigenvalue weighted by atomic mass is 16.5. The molecule has 6 nitrogen and oxygen atoms in total. The van der Waals surface area contributed by atoms with Gasteiger partial charge in [-0.3, -0.25) is 9.59 Å². The Bertz CT molecular complexity index is 714. The van der Waals surface area contributed by atoms with Gasteiger partial charge in [0.2, 0.25) is 5.91 Å². The van der Waals surface area contributed by atoms with Gasteiger partial charge in [0.15, 0.2) is 0 Å². The lowest BCUT2D eigenvalue weighted by atomic mass is 10.1. The van der Waals surface area contributed by atoms with Crippen LogP contribution >= 0.6 is 0 Å². The lowest BCUT2D eigenvalue weighted by Gasteiger charge is -2.08. The highest BCUT2D eigenvalue weighted by Gasteiger charge is 2.08. The van der Waals surface area contributed by atoms with E-state index < -0.39 is 0 Å². The van der Waals surface area contributed by atoms with E-state index in [9.17, 15) is 9.59 Å². The Kier molecular flexibility index (Phi) is 6.98. The Morgan fingerprint density at radius 1 is 1.04 bits per heavy atom. The molecule has 0 bridgehead atoms. The molecular formula is C19H22N2O4. The summed E-state index contributed by atoms with van der Waals surface area (Å²) in [4.78, 5) is 24.0. The van der Waals surface area contributed by atoms with E-state index >= 15 is 0 Å². The smallest absolute Gasteiger partial charge is 0.255 e. The van der Waals surface area contributed by atoms with Crippen LogP contribution in [0.2, 0.25) is 0 Å². The Labute approximate surface area is 147 Å². The van der Waals surface area contributed by atoms with Gasteiger partial charge < -0.3 is 20.1 Å². The maximum Gasteiger partial charge on any atom is 0.255 e. The topological polar surface area (TPSA) is 76.7 Å². The second-order valence-electron chi connectivity index (χ2n) is 5.40. The molecular weight excluding hydrogens is 320 g/mol. The van der Waals surface area contributed by atoms with Crippen molar-refractivity contribution >= 4 is 17.5 Å². The Hall–Kier alpha value is -2.86. The van der Waals surface area contributed by atoms with Gasteiger partial charge in [0.05, 0.1) is 20.1 Å².